The fourth-order valence-corrected chi connectivity index (χ4v) is 1.84. The Morgan fingerprint density at radius 2 is 2.12 bits per heavy atom. The number of nitrogens with zero attached hydrogens (tertiary/aromatic N) is 1. The molecule has 0 bridgehead atoms. The summed E-state index contributed by atoms with van der Waals surface area (Å²) in [5.74, 6) is 0.0905. The van der Waals surface area contributed by atoms with Crippen LogP contribution in [0.5, 0.6) is 5.75 Å². The van der Waals surface area contributed by atoms with E-state index in [9.17, 15) is 4.39 Å². The molecule has 1 aliphatic heterocycles. The second kappa shape index (κ2) is 5.98. The summed E-state index contributed by atoms with van der Waals surface area (Å²) >= 11 is 0. The summed E-state index contributed by atoms with van der Waals surface area (Å²) in [7, 11) is 0. The molecule has 0 spiro atoms. The number of hydrogen-bond donors (Lipinski definition) is 0. The van der Waals surface area contributed by atoms with Gasteiger partial charge in [0, 0.05) is 19.6 Å². The van der Waals surface area contributed by atoms with Crippen LogP contribution in [0.1, 0.15) is 5.56 Å². The molecule has 1 saturated heterocycles. The zero-order valence-electron chi connectivity index (χ0n) is 10.1. The van der Waals surface area contributed by atoms with Crippen molar-refractivity contribution >= 4 is 0 Å². The number of halogens is 1. The van der Waals surface area contributed by atoms with Crippen LogP contribution in [0.4, 0.5) is 4.39 Å². The molecule has 0 unspecified atom stereocenters. The van der Waals surface area contributed by atoms with Gasteiger partial charge in [0.2, 0.25) is 0 Å². The summed E-state index contributed by atoms with van der Waals surface area (Å²) in [6, 6.07) is 5.22. The molecule has 0 radical (unpaired) electrons. The summed E-state index contributed by atoms with van der Waals surface area (Å²) < 4.78 is 24.3. The van der Waals surface area contributed by atoms with Crippen LogP contribution in [-0.2, 0) is 4.74 Å². The highest BCUT2D eigenvalue weighted by Crippen LogP contribution is 2.19. The molecule has 1 aromatic rings. The van der Waals surface area contributed by atoms with E-state index in [4.69, 9.17) is 9.47 Å². The smallest absolute Gasteiger partial charge is 0.167 e. The first-order chi connectivity index (χ1) is 8.27. The van der Waals surface area contributed by atoms with Gasteiger partial charge in [0.1, 0.15) is 6.61 Å². The van der Waals surface area contributed by atoms with Gasteiger partial charge in [-0.25, -0.2) is 4.39 Å². The molecule has 0 atom stereocenters. The van der Waals surface area contributed by atoms with Crippen LogP contribution < -0.4 is 4.74 Å². The molecular formula is C13H18FNO2. The molecule has 2 rings (SSSR count). The Hall–Kier alpha value is -1.13. The van der Waals surface area contributed by atoms with Gasteiger partial charge in [-0.05, 0) is 18.6 Å². The number of ether oxygens (including phenoxy) is 2. The maximum absolute atomic E-state index is 13.6. The lowest BCUT2D eigenvalue weighted by Crippen LogP contribution is -2.38. The topological polar surface area (TPSA) is 21.7 Å². The lowest BCUT2D eigenvalue weighted by Gasteiger charge is -2.26. The van der Waals surface area contributed by atoms with Crippen LogP contribution in [0.2, 0.25) is 0 Å². The number of benzene rings is 1. The molecule has 1 heterocycles. The normalized spacial score (nSPS) is 17.1. The van der Waals surface area contributed by atoms with Gasteiger partial charge in [-0.15, -0.1) is 0 Å². The first-order valence-electron chi connectivity index (χ1n) is 5.95. The summed E-state index contributed by atoms with van der Waals surface area (Å²) in [6.45, 7) is 6.48. The minimum absolute atomic E-state index is 0.255. The van der Waals surface area contributed by atoms with E-state index in [-0.39, 0.29) is 5.82 Å². The van der Waals surface area contributed by atoms with Crippen LogP contribution in [0.15, 0.2) is 18.2 Å². The van der Waals surface area contributed by atoms with E-state index < -0.39 is 0 Å². The van der Waals surface area contributed by atoms with Crippen molar-refractivity contribution < 1.29 is 13.9 Å². The average Bonchev–Trinajstić information content (AvgIpc) is 2.36. The minimum Gasteiger partial charge on any atom is -0.489 e. The van der Waals surface area contributed by atoms with Gasteiger partial charge in [0.15, 0.2) is 11.6 Å². The molecule has 0 saturated carbocycles. The van der Waals surface area contributed by atoms with Crippen LogP contribution in [0, 0.1) is 12.7 Å². The third-order valence-electron chi connectivity index (χ3n) is 2.93. The van der Waals surface area contributed by atoms with Crippen molar-refractivity contribution in [1.82, 2.24) is 4.90 Å². The molecule has 0 aromatic heterocycles. The zero-order valence-corrected chi connectivity index (χ0v) is 10.1. The van der Waals surface area contributed by atoms with Crippen LogP contribution >= 0.6 is 0 Å². The van der Waals surface area contributed by atoms with Crippen molar-refractivity contribution in [2.45, 2.75) is 6.92 Å². The largest absolute Gasteiger partial charge is 0.489 e. The highest BCUT2D eigenvalue weighted by atomic mass is 19.1. The summed E-state index contributed by atoms with van der Waals surface area (Å²) in [6.07, 6.45) is 0. The molecule has 1 aromatic carbocycles. The van der Waals surface area contributed by atoms with Gasteiger partial charge >= 0.3 is 0 Å². The van der Waals surface area contributed by atoms with Gasteiger partial charge in [-0.1, -0.05) is 12.1 Å². The van der Waals surface area contributed by atoms with Crippen LogP contribution in [0.3, 0.4) is 0 Å². The van der Waals surface area contributed by atoms with Gasteiger partial charge in [-0.2, -0.15) is 0 Å². The molecule has 94 valence electrons. The van der Waals surface area contributed by atoms with Crippen molar-refractivity contribution in [3.63, 3.8) is 0 Å². The molecule has 3 nitrogen and oxygen atoms in total. The highest BCUT2D eigenvalue weighted by Gasteiger charge is 2.11. The fraction of sp³-hybridized carbons (Fsp3) is 0.538. The maximum atomic E-state index is 13.6. The predicted octanol–water partition coefficient (Wildman–Crippen LogP) is 1.85. The molecule has 0 N–H and O–H groups in total. The highest BCUT2D eigenvalue weighted by molar-refractivity contribution is 5.29. The summed E-state index contributed by atoms with van der Waals surface area (Å²) in [5.41, 5.74) is 0.619. The lowest BCUT2D eigenvalue weighted by molar-refractivity contribution is 0.0320. The summed E-state index contributed by atoms with van der Waals surface area (Å²) in [5, 5.41) is 0. The zero-order chi connectivity index (χ0) is 12.1. The van der Waals surface area contributed by atoms with E-state index in [0.29, 0.717) is 17.9 Å². The quantitative estimate of drug-likeness (QED) is 0.800. The van der Waals surface area contributed by atoms with Gasteiger partial charge in [0.25, 0.3) is 0 Å². The van der Waals surface area contributed by atoms with Crippen LogP contribution in [0.25, 0.3) is 0 Å². The Bertz CT molecular complexity index is 364. The Kier molecular flexibility index (Phi) is 4.34. The van der Waals surface area contributed by atoms with E-state index in [1.54, 1.807) is 19.1 Å². The van der Waals surface area contributed by atoms with E-state index in [2.05, 4.69) is 4.90 Å². The molecule has 4 heteroatoms. The third kappa shape index (κ3) is 3.41. The van der Waals surface area contributed by atoms with Crippen molar-refractivity contribution in [3.05, 3.63) is 29.6 Å². The molecule has 0 amide bonds. The van der Waals surface area contributed by atoms with Crippen LogP contribution in [-0.4, -0.2) is 44.4 Å². The van der Waals surface area contributed by atoms with Crippen molar-refractivity contribution in [3.8, 4) is 5.75 Å². The number of hydrogen-bond acceptors (Lipinski definition) is 3. The molecule has 1 aliphatic rings. The predicted molar refractivity (Wildman–Crippen MR) is 63.9 cm³/mol. The molecule has 1 fully saturated rings. The van der Waals surface area contributed by atoms with E-state index >= 15 is 0 Å². The first-order valence-corrected chi connectivity index (χ1v) is 5.95. The standard InChI is InChI=1S/C13H18FNO2/c1-11-3-2-4-12(13(11)14)17-10-7-15-5-8-16-9-6-15/h2-4H,5-10H2,1H3. The number of aryl methyl sites for hydroxylation is 1. The van der Waals surface area contributed by atoms with Gasteiger partial charge in [-0.3, -0.25) is 4.90 Å². The first kappa shape index (κ1) is 12.3. The van der Waals surface area contributed by atoms with Crippen molar-refractivity contribution in [1.29, 1.82) is 0 Å². The van der Waals surface area contributed by atoms with Gasteiger partial charge in [0.05, 0.1) is 13.2 Å². The second-order valence-corrected chi connectivity index (χ2v) is 4.19. The fourth-order valence-electron chi connectivity index (χ4n) is 1.84. The van der Waals surface area contributed by atoms with E-state index in [1.165, 1.54) is 0 Å². The SMILES string of the molecule is Cc1cccc(OCCN2CCOCC2)c1F. The summed E-state index contributed by atoms with van der Waals surface area (Å²) in [4.78, 5) is 2.26. The number of morpholine rings is 1. The third-order valence-corrected chi connectivity index (χ3v) is 2.93. The minimum atomic E-state index is -0.255. The Labute approximate surface area is 101 Å². The molecule has 0 aliphatic carbocycles. The van der Waals surface area contributed by atoms with Crippen molar-refractivity contribution in [2.75, 3.05) is 39.5 Å². The molecular weight excluding hydrogens is 221 g/mol. The Balaban J connectivity index is 1.79. The second-order valence-electron chi connectivity index (χ2n) is 4.19. The van der Waals surface area contributed by atoms with E-state index in [0.717, 1.165) is 32.8 Å². The maximum Gasteiger partial charge on any atom is 0.167 e. The number of rotatable bonds is 4. The Morgan fingerprint density at radius 3 is 2.88 bits per heavy atom. The molecule has 17 heavy (non-hydrogen) atoms. The monoisotopic (exact) mass is 239 g/mol. The average molecular weight is 239 g/mol. The van der Waals surface area contributed by atoms with E-state index in [1.807, 2.05) is 6.07 Å². The van der Waals surface area contributed by atoms with Crippen molar-refractivity contribution in [2.24, 2.45) is 0 Å². The Morgan fingerprint density at radius 1 is 1.35 bits per heavy atom. The van der Waals surface area contributed by atoms with Gasteiger partial charge < -0.3 is 9.47 Å². The lowest BCUT2D eigenvalue weighted by atomic mass is 10.2.